The molecule has 1 saturated carbocycles. The number of methoxy groups -OCH3 is 1. The Morgan fingerprint density at radius 2 is 1.64 bits per heavy atom. The van der Waals surface area contributed by atoms with Crippen molar-refractivity contribution in [2.75, 3.05) is 44.0 Å². The summed E-state index contributed by atoms with van der Waals surface area (Å²) >= 11 is 0. The lowest BCUT2D eigenvalue weighted by Gasteiger charge is -2.37. The summed E-state index contributed by atoms with van der Waals surface area (Å²) in [6.45, 7) is 12.9. The lowest BCUT2D eigenvalue weighted by atomic mass is 9.76. The maximum atomic E-state index is 15.5. The summed E-state index contributed by atoms with van der Waals surface area (Å²) in [5.41, 5.74) is -0.838. The summed E-state index contributed by atoms with van der Waals surface area (Å²) in [6.07, 6.45) is 5.54. The van der Waals surface area contributed by atoms with Gasteiger partial charge in [-0.15, -0.1) is 0 Å². The quantitative estimate of drug-likeness (QED) is 0.235. The number of nitrogens with zero attached hydrogens (tertiary/aromatic N) is 2. The standard InChI is InChI=1S/C36H42F2N4O5/c1-7-42(8-2)17-18-46-29-20-31-35(5,21-30(29)45-6)32(15-16-39-31)47-28-14-13-26(19-27(28)38)41-34(44)36(22(3)23(36)4)33(43)40-25-11-9-24(37)10-12-25/h9-16,19-20,22-23H,7-8,17-18,21H2,1-6H3,(H,40,43)(H,41,44)/t22-,23+,35?,36?. The zero-order valence-corrected chi connectivity index (χ0v) is 27.7. The molecule has 2 aliphatic carbocycles. The van der Waals surface area contributed by atoms with E-state index < -0.39 is 34.3 Å². The van der Waals surface area contributed by atoms with Crippen molar-refractivity contribution < 1.29 is 32.6 Å². The Kier molecular flexibility index (Phi) is 9.86. The van der Waals surface area contributed by atoms with Crippen LogP contribution in [0, 0.1) is 34.3 Å². The smallest absolute Gasteiger partial charge is 0.240 e. The van der Waals surface area contributed by atoms with Crippen molar-refractivity contribution in [2.45, 2.75) is 41.0 Å². The lowest BCUT2D eigenvalue weighted by molar-refractivity contribution is -0.132. The monoisotopic (exact) mass is 648 g/mol. The van der Waals surface area contributed by atoms with Crippen molar-refractivity contribution in [1.82, 2.24) is 4.90 Å². The Morgan fingerprint density at radius 3 is 2.23 bits per heavy atom. The van der Waals surface area contributed by atoms with Gasteiger partial charge in [0, 0.05) is 42.7 Å². The van der Waals surface area contributed by atoms with Gasteiger partial charge in [-0.05, 0) is 74.3 Å². The Balaban J connectivity index is 1.27. The summed E-state index contributed by atoms with van der Waals surface area (Å²) in [5.74, 6) is -0.999. The number of aliphatic imine (C=N–C) groups is 1. The predicted octanol–water partition coefficient (Wildman–Crippen LogP) is 6.67. The van der Waals surface area contributed by atoms with E-state index in [4.69, 9.17) is 14.2 Å². The average Bonchev–Trinajstić information content (AvgIpc) is 3.61. The van der Waals surface area contributed by atoms with Gasteiger partial charge in [0.05, 0.1) is 18.2 Å². The van der Waals surface area contributed by atoms with Gasteiger partial charge >= 0.3 is 0 Å². The number of amides is 2. The molecule has 1 heterocycles. The minimum atomic E-state index is -1.36. The van der Waals surface area contributed by atoms with Crippen LogP contribution in [0.5, 0.6) is 5.75 Å². The lowest BCUT2D eigenvalue weighted by Crippen LogP contribution is -2.38. The predicted molar refractivity (Wildman–Crippen MR) is 177 cm³/mol. The van der Waals surface area contributed by atoms with Crippen LogP contribution in [0.25, 0.3) is 0 Å². The number of rotatable bonds is 13. The first-order chi connectivity index (χ1) is 22.5. The second kappa shape index (κ2) is 13.7. The molecule has 1 aliphatic heterocycles. The molecule has 2 amide bonds. The minimum Gasteiger partial charge on any atom is -0.497 e. The zero-order chi connectivity index (χ0) is 33.9. The molecule has 11 heteroatoms. The first kappa shape index (κ1) is 33.8. The fourth-order valence-corrected chi connectivity index (χ4v) is 6.38. The molecule has 1 fully saturated rings. The summed E-state index contributed by atoms with van der Waals surface area (Å²) in [6, 6.07) is 9.44. The van der Waals surface area contributed by atoms with Gasteiger partial charge in [-0.2, -0.15) is 0 Å². The molecule has 2 aromatic rings. The Labute approximate surface area is 274 Å². The molecular formula is C36H42F2N4O5. The van der Waals surface area contributed by atoms with E-state index in [2.05, 4.69) is 34.4 Å². The molecule has 47 heavy (non-hydrogen) atoms. The number of carbonyl (C=O) groups excluding carboxylic acids is 2. The fourth-order valence-electron chi connectivity index (χ4n) is 6.38. The molecule has 3 aliphatic rings. The zero-order valence-electron chi connectivity index (χ0n) is 27.7. The Morgan fingerprint density at radius 1 is 1.00 bits per heavy atom. The van der Waals surface area contributed by atoms with E-state index in [1.54, 1.807) is 19.4 Å². The second-order valence-electron chi connectivity index (χ2n) is 12.3. The van der Waals surface area contributed by atoms with Gasteiger partial charge in [-0.3, -0.25) is 14.6 Å². The fraction of sp³-hybridized carbons (Fsp3) is 0.417. The van der Waals surface area contributed by atoms with Crippen molar-refractivity contribution in [1.29, 1.82) is 0 Å². The highest BCUT2D eigenvalue weighted by Gasteiger charge is 2.69. The molecule has 2 unspecified atom stereocenters. The van der Waals surface area contributed by atoms with Crippen molar-refractivity contribution in [3.63, 3.8) is 0 Å². The molecule has 9 nitrogen and oxygen atoms in total. The van der Waals surface area contributed by atoms with E-state index in [0.29, 0.717) is 41.7 Å². The number of ether oxygens (including phenoxy) is 3. The summed E-state index contributed by atoms with van der Waals surface area (Å²) in [4.78, 5) is 33.6. The number of dihydropyridines is 1. The summed E-state index contributed by atoms with van der Waals surface area (Å²) in [5, 5.41) is 5.43. The normalized spacial score (nSPS) is 24.6. The molecule has 2 N–H and O–H groups in total. The first-order valence-corrected chi connectivity index (χ1v) is 15.9. The van der Waals surface area contributed by atoms with Crippen molar-refractivity contribution in [3.05, 3.63) is 89.2 Å². The number of anilines is 2. The molecule has 4 atom stereocenters. The third-order valence-corrected chi connectivity index (χ3v) is 9.75. The molecular weight excluding hydrogens is 606 g/mol. The van der Waals surface area contributed by atoms with Gasteiger partial charge < -0.3 is 29.7 Å². The number of nitrogens with one attached hydrogen (secondary N) is 2. The van der Waals surface area contributed by atoms with Crippen LogP contribution in [-0.2, 0) is 19.1 Å². The maximum absolute atomic E-state index is 15.5. The van der Waals surface area contributed by atoms with E-state index in [1.165, 1.54) is 36.4 Å². The van der Waals surface area contributed by atoms with Crippen LogP contribution in [0.2, 0.25) is 0 Å². The largest absolute Gasteiger partial charge is 0.497 e. The number of halogens is 2. The van der Waals surface area contributed by atoms with Crippen molar-refractivity contribution in [3.8, 4) is 5.75 Å². The molecule has 250 valence electrons. The third kappa shape index (κ3) is 6.54. The van der Waals surface area contributed by atoms with Crippen LogP contribution in [0.4, 0.5) is 20.2 Å². The van der Waals surface area contributed by atoms with Gasteiger partial charge in [-0.25, -0.2) is 8.78 Å². The van der Waals surface area contributed by atoms with E-state index in [9.17, 15) is 14.0 Å². The number of allylic oxidation sites excluding steroid dienone is 3. The van der Waals surface area contributed by atoms with Gasteiger partial charge in [-0.1, -0.05) is 27.7 Å². The molecule has 0 radical (unpaired) electrons. The minimum absolute atomic E-state index is 0.0359. The van der Waals surface area contributed by atoms with Gasteiger partial charge in [0.1, 0.15) is 29.4 Å². The number of likely N-dealkylation sites (N-methyl/N-ethyl adjacent to an activating group) is 1. The SMILES string of the molecule is CCN(CC)CCOC1=C(OC)CC2(C)C(=C1)N=CC=C2Oc1ccc(NC(=O)C2(C(=O)Nc3ccc(F)cc3)[C@H](C)[C@@H]2C)cc1F. The molecule has 5 rings (SSSR count). The van der Waals surface area contributed by atoms with Crippen molar-refractivity contribution in [2.24, 2.45) is 27.7 Å². The highest BCUT2D eigenvalue weighted by atomic mass is 19.1. The number of benzene rings is 2. The third-order valence-electron chi connectivity index (χ3n) is 9.75. The van der Waals surface area contributed by atoms with Gasteiger partial charge in [0.25, 0.3) is 0 Å². The number of hydrogen-bond donors (Lipinski definition) is 2. The molecule has 0 aromatic heterocycles. The van der Waals surface area contributed by atoms with Crippen LogP contribution in [-0.4, -0.2) is 56.3 Å². The highest BCUT2D eigenvalue weighted by molar-refractivity contribution is 6.17. The Hall–Kier alpha value is -4.51. The van der Waals surface area contributed by atoms with E-state index in [0.717, 1.165) is 25.7 Å². The van der Waals surface area contributed by atoms with E-state index >= 15 is 4.39 Å². The van der Waals surface area contributed by atoms with Crippen LogP contribution >= 0.6 is 0 Å². The summed E-state index contributed by atoms with van der Waals surface area (Å²) in [7, 11) is 1.59. The molecule has 0 bridgehead atoms. The average molecular weight is 649 g/mol. The Bertz CT molecular complexity index is 1640. The number of carbonyl (C=O) groups is 2. The van der Waals surface area contributed by atoms with Crippen LogP contribution in [0.1, 0.15) is 41.0 Å². The topological polar surface area (TPSA) is 101 Å². The summed E-state index contributed by atoms with van der Waals surface area (Å²) < 4.78 is 46.8. The second-order valence-corrected chi connectivity index (χ2v) is 12.3. The van der Waals surface area contributed by atoms with Gasteiger partial charge in [0.15, 0.2) is 17.3 Å². The van der Waals surface area contributed by atoms with Gasteiger partial charge in [0.2, 0.25) is 11.8 Å². The van der Waals surface area contributed by atoms with Crippen molar-refractivity contribution >= 4 is 29.4 Å². The van der Waals surface area contributed by atoms with Crippen LogP contribution in [0.3, 0.4) is 0 Å². The van der Waals surface area contributed by atoms with E-state index in [-0.39, 0.29) is 23.3 Å². The van der Waals surface area contributed by atoms with E-state index in [1.807, 2.05) is 26.8 Å². The first-order valence-electron chi connectivity index (χ1n) is 15.9. The number of hydrogen-bond acceptors (Lipinski definition) is 7. The highest BCUT2D eigenvalue weighted by Crippen LogP contribution is 2.59. The number of fused-ring (bicyclic) bond motifs is 1. The molecule has 0 spiro atoms. The molecule has 2 aromatic carbocycles. The van der Waals surface area contributed by atoms with Crippen LogP contribution in [0.15, 0.2) is 82.6 Å². The van der Waals surface area contributed by atoms with Crippen LogP contribution < -0.4 is 15.4 Å². The molecule has 0 saturated heterocycles. The maximum Gasteiger partial charge on any atom is 0.240 e.